The summed E-state index contributed by atoms with van der Waals surface area (Å²) in [5, 5.41) is 29.0. The number of fused-ring (bicyclic) bond motifs is 1. The number of hydrogen-bond acceptors (Lipinski definition) is 4. The Morgan fingerprint density at radius 2 is 1.64 bits per heavy atom. The second-order valence-corrected chi connectivity index (χ2v) is 5.66. The van der Waals surface area contributed by atoms with Gasteiger partial charge in [0.25, 0.3) is 0 Å². The average molecular weight is 335 g/mol. The van der Waals surface area contributed by atoms with Gasteiger partial charge in [-0.2, -0.15) is 0 Å². The molecule has 4 N–H and O–H groups in total. The summed E-state index contributed by atoms with van der Waals surface area (Å²) in [6.45, 7) is 0. The van der Waals surface area contributed by atoms with Crippen LogP contribution in [-0.2, 0) is 0 Å². The van der Waals surface area contributed by atoms with E-state index in [2.05, 4.69) is 4.98 Å². The average Bonchev–Trinajstić information content (AvgIpc) is 3.21. The van der Waals surface area contributed by atoms with Gasteiger partial charge in [0.1, 0.15) is 5.75 Å². The summed E-state index contributed by atoms with van der Waals surface area (Å²) in [4.78, 5) is 14.1. The zero-order chi connectivity index (χ0) is 17.6. The van der Waals surface area contributed by atoms with Crippen molar-refractivity contribution < 1.29 is 24.5 Å². The van der Waals surface area contributed by atoms with Gasteiger partial charge in [0.05, 0.1) is 11.3 Å². The molecule has 0 fully saturated rings. The highest BCUT2D eigenvalue weighted by Crippen LogP contribution is 2.36. The molecule has 0 unspecified atom stereocenters. The molecule has 2 aromatic heterocycles. The summed E-state index contributed by atoms with van der Waals surface area (Å²) >= 11 is 0. The molecule has 0 spiro atoms. The third kappa shape index (κ3) is 2.59. The number of carbonyl (C=O) groups is 1. The second kappa shape index (κ2) is 5.45. The van der Waals surface area contributed by atoms with Gasteiger partial charge < -0.3 is 24.7 Å². The smallest absolute Gasteiger partial charge is 0.335 e. The molecule has 2 aromatic carbocycles. The number of nitrogens with one attached hydrogen (secondary N) is 1. The minimum atomic E-state index is -0.968. The molecule has 6 nitrogen and oxygen atoms in total. The van der Waals surface area contributed by atoms with Crippen molar-refractivity contribution in [3.8, 4) is 34.2 Å². The molecule has 2 heterocycles. The molecule has 25 heavy (non-hydrogen) atoms. The molecule has 0 radical (unpaired) electrons. The highest BCUT2D eigenvalue weighted by molar-refractivity contribution is 5.89. The Hall–Kier alpha value is -3.67. The molecule has 0 aliphatic heterocycles. The summed E-state index contributed by atoms with van der Waals surface area (Å²) < 4.78 is 5.67. The zero-order valence-electron chi connectivity index (χ0n) is 12.9. The number of aromatic amines is 1. The quantitative estimate of drug-likeness (QED) is 0.449. The van der Waals surface area contributed by atoms with Gasteiger partial charge in [0.15, 0.2) is 17.1 Å². The van der Waals surface area contributed by atoms with Gasteiger partial charge in [-0.05, 0) is 42.0 Å². The molecule has 0 atom stereocenters. The Morgan fingerprint density at radius 1 is 0.920 bits per heavy atom. The van der Waals surface area contributed by atoms with Gasteiger partial charge >= 0.3 is 5.97 Å². The van der Waals surface area contributed by atoms with E-state index in [0.29, 0.717) is 22.4 Å². The molecule has 4 aromatic rings. The number of H-pyrrole nitrogens is 1. The topological polar surface area (TPSA) is 107 Å². The van der Waals surface area contributed by atoms with Crippen LogP contribution in [-0.4, -0.2) is 26.3 Å². The summed E-state index contributed by atoms with van der Waals surface area (Å²) in [6.07, 6.45) is 0. The number of aromatic carboxylic acids is 1. The molecule has 0 bridgehead atoms. The van der Waals surface area contributed by atoms with Crippen molar-refractivity contribution >= 4 is 16.9 Å². The molecule has 124 valence electrons. The van der Waals surface area contributed by atoms with Crippen LogP contribution in [0, 0.1) is 0 Å². The Bertz CT molecular complexity index is 1090. The fourth-order valence-electron chi connectivity index (χ4n) is 2.75. The van der Waals surface area contributed by atoms with Crippen molar-refractivity contribution in [1.29, 1.82) is 0 Å². The minimum absolute atomic E-state index is 0.0388. The molecule has 0 saturated heterocycles. The molecular formula is C19H13NO5. The van der Waals surface area contributed by atoms with E-state index in [0.717, 1.165) is 11.3 Å². The third-order valence-electron chi connectivity index (χ3n) is 3.98. The summed E-state index contributed by atoms with van der Waals surface area (Å²) in [5.74, 6) is -0.617. The van der Waals surface area contributed by atoms with E-state index < -0.39 is 5.97 Å². The number of phenolic OH excluding ortho intramolecular Hbond substituents is 2. The van der Waals surface area contributed by atoms with Gasteiger partial charge in [0, 0.05) is 17.1 Å². The van der Waals surface area contributed by atoms with Crippen LogP contribution in [0.3, 0.4) is 0 Å². The third-order valence-corrected chi connectivity index (χ3v) is 3.98. The van der Waals surface area contributed by atoms with Crippen molar-refractivity contribution in [2.75, 3.05) is 0 Å². The van der Waals surface area contributed by atoms with E-state index in [1.807, 2.05) is 12.1 Å². The lowest BCUT2D eigenvalue weighted by Gasteiger charge is -1.99. The number of furan rings is 1. The number of benzene rings is 2. The standard InChI is InChI=1S/C19H13NO5/c21-13-7-12-8-17(25-18(12)16(22)9-13)15-6-5-14(20-15)10-1-3-11(4-2-10)19(23)24/h1-9,20-22H,(H,23,24). The van der Waals surface area contributed by atoms with E-state index in [1.165, 1.54) is 12.1 Å². The van der Waals surface area contributed by atoms with Crippen LogP contribution in [0.2, 0.25) is 0 Å². The molecular weight excluding hydrogens is 322 g/mol. The van der Waals surface area contributed by atoms with Crippen molar-refractivity contribution in [3.63, 3.8) is 0 Å². The lowest BCUT2D eigenvalue weighted by Crippen LogP contribution is -1.94. The largest absolute Gasteiger partial charge is 0.508 e. The molecule has 6 heteroatoms. The van der Waals surface area contributed by atoms with Crippen molar-refractivity contribution in [3.05, 3.63) is 60.2 Å². The number of rotatable bonds is 3. The van der Waals surface area contributed by atoms with Crippen molar-refractivity contribution in [1.82, 2.24) is 4.98 Å². The Balaban J connectivity index is 1.71. The van der Waals surface area contributed by atoms with Crippen LogP contribution < -0.4 is 0 Å². The molecule has 0 aliphatic carbocycles. The lowest BCUT2D eigenvalue weighted by atomic mass is 10.1. The molecule has 4 rings (SSSR count). The number of aromatic nitrogens is 1. The first kappa shape index (κ1) is 14.9. The fraction of sp³-hybridized carbons (Fsp3) is 0. The zero-order valence-corrected chi connectivity index (χ0v) is 12.9. The van der Waals surface area contributed by atoms with E-state index in [1.54, 1.807) is 30.3 Å². The maximum atomic E-state index is 10.9. The summed E-state index contributed by atoms with van der Waals surface area (Å²) in [7, 11) is 0. The molecule has 0 saturated carbocycles. The number of aromatic hydroxyl groups is 2. The lowest BCUT2D eigenvalue weighted by molar-refractivity contribution is 0.0697. The first-order chi connectivity index (χ1) is 12.0. The summed E-state index contributed by atoms with van der Waals surface area (Å²) in [6, 6.07) is 14.7. The van der Waals surface area contributed by atoms with Crippen LogP contribution in [0.5, 0.6) is 11.5 Å². The maximum absolute atomic E-state index is 10.9. The predicted molar refractivity (Wildman–Crippen MR) is 91.7 cm³/mol. The van der Waals surface area contributed by atoms with Crippen LogP contribution in [0.4, 0.5) is 0 Å². The van der Waals surface area contributed by atoms with Gasteiger partial charge in [-0.1, -0.05) is 12.1 Å². The number of phenols is 2. The monoisotopic (exact) mass is 335 g/mol. The SMILES string of the molecule is O=C(O)c1ccc(-c2ccc(-c3cc4cc(O)cc(O)c4o3)[nH]2)cc1. The van der Waals surface area contributed by atoms with Gasteiger partial charge in [-0.15, -0.1) is 0 Å². The Morgan fingerprint density at radius 3 is 2.36 bits per heavy atom. The first-order valence-electron chi connectivity index (χ1n) is 7.50. The van der Waals surface area contributed by atoms with Crippen LogP contribution in [0.25, 0.3) is 33.7 Å². The van der Waals surface area contributed by atoms with Gasteiger partial charge in [-0.25, -0.2) is 4.79 Å². The van der Waals surface area contributed by atoms with Crippen LogP contribution in [0.15, 0.2) is 59.0 Å². The second-order valence-electron chi connectivity index (χ2n) is 5.66. The minimum Gasteiger partial charge on any atom is -0.508 e. The highest BCUT2D eigenvalue weighted by atomic mass is 16.4. The molecule has 0 aliphatic rings. The number of hydrogen-bond donors (Lipinski definition) is 4. The number of carboxylic acids is 1. The van der Waals surface area contributed by atoms with Gasteiger partial charge in [0.2, 0.25) is 0 Å². The van der Waals surface area contributed by atoms with E-state index in [4.69, 9.17) is 9.52 Å². The van der Waals surface area contributed by atoms with Crippen molar-refractivity contribution in [2.45, 2.75) is 0 Å². The number of carboxylic acid groups (broad SMARTS) is 1. The Kier molecular flexibility index (Phi) is 3.25. The first-order valence-corrected chi connectivity index (χ1v) is 7.50. The van der Waals surface area contributed by atoms with Gasteiger partial charge in [-0.3, -0.25) is 0 Å². The van der Waals surface area contributed by atoms with Crippen LogP contribution in [0.1, 0.15) is 10.4 Å². The van der Waals surface area contributed by atoms with Crippen LogP contribution >= 0.6 is 0 Å². The maximum Gasteiger partial charge on any atom is 0.335 e. The highest BCUT2D eigenvalue weighted by Gasteiger charge is 2.13. The fourth-order valence-corrected chi connectivity index (χ4v) is 2.75. The van der Waals surface area contributed by atoms with E-state index in [9.17, 15) is 15.0 Å². The normalized spacial score (nSPS) is 11.0. The molecule has 0 amide bonds. The van der Waals surface area contributed by atoms with E-state index >= 15 is 0 Å². The Labute approximate surface area is 141 Å². The van der Waals surface area contributed by atoms with E-state index in [-0.39, 0.29) is 17.1 Å². The summed E-state index contributed by atoms with van der Waals surface area (Å²) in [5.41, 5.74) is 2.87. The van der Waals surface area contributed by atoms with Crippen molar-refractivity contribution in [2.24, 2.45) is 0 Å². The predicted octanol–water partition coefficient (Wildman–Crippen LogP) is 4.20.